The van der Waals surface area contributed by atoms with Gasteiger partial charge in [-0.3, -0.25) is 4.79 Å². The molecule has 0 saturated carbocycles. The summed E-state index contributed by atoms with van der Waals surface area (Å²) in [5.41, 5.74) is -0.115. The highest BCUT2D eigenvalue weighted by Crippen LogP contribution is 2.27. The van der Waals surface area contributed by atoms with Crippen molar-refractivity contribution in [2.24, 2.45) is 5.92 Å². The van der Waals surface area contributed by atoms with Crippen LogP contribution in [0.2, 0.25) is 0 Å². The zero-order valence-corrected chi connectivity index (χ0v) is 10.1. The van der Waals surface area contributed by atoms with Crippen molar-refractivity contribution in [2.45, 2.75) is 39.2 Å². The van der Waals surface area contributed by atoms with Crippen molar-refractivity contribution in [3.05, 3.63) is 0 Å². The van der Waals surface area contributed by atoms with Gasteiger partial charge in [0, 0.05) is 18.6 Å². The summed E-state index contributed by atoms with van der Waals surface area (Å²) in [5, 5.41) is 11.4. The number of hydrogen-bond acceptors (Lipinski definition) is 2. The molecule has 2 amide bonds. The summed E-state index contributed by atoms with van der Waals surface area (Å²) in [6, 6.07) is -0.157. The maximum atomic E-state index is 11.8. The Balaban J connectivity index is 2.44. The van der Waals surface area contributed by atoms with E-state index in [9.17, 15) is 9.59 Å². The normalized spacial score (nSPS) is 20.6. The van der Waals surface area contributed by atoms with Gasteiger partial charge in [0.05, 0.1) is 5.92 Å². The van der Waals surface area contributed by atoms with Gasteiger partial charge in [0.15, 0.2) is 0 Å². The molecule has 0 radical (unpaired) electrons. The lowest BCUT2D eigenvalue weighted by molar-refractivity contribution is -0.140. The largest absolute Gasteiger partial charge is 0.481 e. The molecule has 5 heteroatoms. The van der Waals surface area contributed by atoms with Crippen LogP contribution in [0.25, 0.3) is 0 Å². The highest BCUT2D eigenvalue weighted by atomic mass is 16.4. The number of likely N-dealkylation sites (tertiary alicyclic amines) is 1. The third kappa shape index (κ3) is 2.87. The van der Waals surface area contributed by atoms with Gasteiger partial charge in [0.2, 0.25) is 0 Å². The van der Waals surface area contributed by atoms with Gasteiger partial charge < -0.3 is 15.3 Å². The Morgan fingerprint density at radius 2 is 2.12 bits per heavy atom. The molecule has 0 aromatic carbocycles. The number of hydrogen-bond donors (Lipinski definition) is 2. The molecule has 1 rings (SSSR count). The molecule has 1 atom stereocenters. The monoisotopic (exact) mass is 228 g/mol. The van der Waals surface area contributed by atoms with Crippen LogP contribution in [0.15, 0.2) is 0 Å². The molecule has 16 heavy (non-hydrogen) atoms. The molecule has 1 unspecified atom stereocenters. The molecule has 1 aliphatic rings. The molecule has 5 nitrogen and oxygen atoms in total. The zero-order chi connectivity index (χ0) is 12.3. The highest BCUT2D eigenvalue weighted by Gasteiger charge is 2.35. The van der Waals surface area contributed by atoms with E-state index >= 15 is 0 Å². The Kier molecular flexibility index (Phi) is 3.78. The van der Waals surface area contributed by atoms with Gasteiger partial charge in [-0.2, -0.15) is 0 Å². The number of amides is 2. The second-order valence-corrected chi connectivity index (χ2v) is 4.99. The van der Waals surface area contributed by atoms with E-state index in [1.807, 2.05) is 13.8 Å². The molecule has 1 heterocycles. The number of carboxylic acids is 1. The van der Waals surface area contributed by atoms with E-state index in [1.165, 1.54) is 0 Å². The molecule has 0 aromatic heterocycles. The van der Waals surface area contributed by atoms with Gasteiger partial charge in [0.25, 0.3) is 0 Å². The quantitative estimate of drug-likeness (QED) is 0.764. The van der Waals surface area contributed by atoms with E-state index in [2.05, 4.69) is 5.32 Å². The SMILES string of the molecule is CC(CNC(=O)N1CCCC1(C)C)C(=O)O. The third-order valence-electron chi connectivity index (χ3n) is 3.13. The molecule has 0 aliphatic carbocycles. The zero-order valence-electron chi connectivity index (χ0n) is 10.1. The van der Waals surface area contributed by atoms with E-state index < -0.39 is 11.9 Å². The molecular formula is C11H20N2O3. The fraction of sp³-hybridized carbons (Fsp3) is 0.818. The van der Waals surface area contributed by atoms with Crippen molar-refractivity contribution in [2.75, 3.05) is 13.1 Å². The van der Waals surface area contributed by atoms with Crippen LogP contribution in [0, 0.1) is 5.92 Å². The van der Waals surface area contributed by atoms with Crippen LogP contribution in [0.3, 0.4) is 0 Å². The van der Waals surface area contributed by atoms with Gasteiger partial charge >= 0.3 is 12.0 Å². The lowest BCUT2D eigenvalue weighted by Crippen LogP contribution is -2.49. The summed E-state index contributed by atoms with van der Waals surface area (Å²) in [7, 11) is 0. The van der Waals surface area contributed by atoms with Crippen molar-refractivity contribution in [3.63, 3.8) is 0 Å². The summed E-state index contributed by atoms with van der Waals surface area (Å²) in [6.07, 6.45) is 2.00. The van der Waals surface area contributed by atoms with Crippen LogP contribution in [0.1, 0.15) is 33.6 Å². The van der Waals surface area contributed by atoms with Crippen molar-refractivity contribution in [3.8, 4) is 0 Å². The molecule has 1 saturated heterocycles. The standard InChI is InChI=1S/C11H20N2O3/c1-8(9(14)15)7-12-10(16)13-6-4-5-11(13,2)3/h8H,4-7H2,1-3H3,(H,12,16)(H,14,15). The number of urea groups is 1. The molecule has 0 aromatic rings. The number of carbonyl (C=O) groups is 2. The van der Waals surface area contributed by atoms with Crippen LogP contribution in [0.4, 0.5) is 4.79 Å². The Labute approximate surface area is 95.8 Å². The highest BCUT2D eigenvalue weighted by molar-refractivity contribution is 5.76. The fourth-order valence-corrected chi connectivity index (χ4v) is 1.91. The van der Waals surface area contributed by atoms with E-state index in [0.717, 1.165) is 19.4 Å². The maximum Gasteiger partial charge on any atom is 0.317 e. The summed E-state index contributed by atoms with van der Waals surface area (Å²) < 4.78 is 0. The van der Waals surface area contributed by atoms with Gasteiger partial charge in [-0.05, 0) is 26.7 Å². The van der Waals surface area contributed by atoms with Crippen LogP contribution in [-0.2, 0) is 4.79 Å². The number of nitrogens with zero attached hydrogens (tertiary/aromatic N) is 1. The molecule has 92 valence electrons. The first-order chi connectivity index (χ1) is 7.34. The Hall–Kier alpha value is -1.26. The Bertz CT molecular complexity index is 289. The molecule has 0 spiro atoms. The first-order valence-electron chi connectivity index (χ1n) is 5.63. The first kappa shape index (κ1) is 12.8. The third-order valence-corrected chi connectivity index (χ3v) is 3.13. The summed E-state index contributed by atoms with van der Waals surface area (Å²) in [4.78, 5) is 24.2. The minimum atomic E-state index is -0.888. The Morgan fingerprint density at radius 1 is 1.50 bits per heavy atom. The molecule has 1 aliphatic heterocycles. The van der Waals surface area contributed by atoms with Crippen LogP contribution in [0.5, 0.6) is 0 Å². The number of nitrogens with one attached hydrogen (secondary N) is 1. The van der Waals surface area contributed by atoms with Crippen LogP contribution in [-0.4, -0.2) is 40.6 Å². The fourth-order valence-electron chi connectivity index (χ4n) is 1.91. The first-order valence-corrected chi connectivity index (χ1v) is 5.63. The summed E-state index contributed by atoms with van der Waals surface area (Å²) in [6.45, 7) is 6.57. The van der Waals surface area contributed by atoms with Crippen molar-refractivity contribution in [1.82, 2.24) is 10.2 Å². The average Bonchev–Trinajstić information content (AvgIpc) is 2.53. The number of carbonyl (C=O) groups excluding carboxylic acids is 1. The molecular weight excluding hydrogens is 208 g/mol. The van der Waals surface area contributed by atoms with Gasteiger partial charge in [-0.25, -0.2) is 4.79 Å². The van der Waals surface area contributed by atoms with Gasteiger partial charge in [-0.15, -0.1) is 0 Å². The summed E-state index contributed by atoms with van der Waals surface area (Å²) >= 11 is 0. The van der Waals surface area contributed by atoms with Crippen molar-refractivity contribution >= 4 is 12.0 Å². The maximum absolute atomic E-state index is 11.8. The van der Waals surface area contributed by atoms with Crippen molar-refractivity contribution in [1.29, 1.82) is 0 Å². The molecule has 1 fully saturated rings. The topological polar surface area (TPSA) is 69.6 Å². The minimum Gasteiger partial charge on any atom is -0.481 e. The second-order valence-electron chi connectivity index (χ2n) is 4.99. The van der Waals surface area contributed by atoms with E-state index in [0.29, 0.717) is 0 Å². The smallest absolute Gasteiger partial charge is 0.317 e. The van der Waals surface area contributed by atoms with E-state index in [1.54, 1.807) is 11.8 Å². The lowest BCUT2D eigenvalue weighted by Gasteiger charge is -2.31. The number of carboxylic acid groups (broad SMARTS) is 1. The second kappa shape index (κ2) is 4.72. The average molecular weight is 228 g/mol. The number of aliphatic carboxylic acids is 1. The lowest BCUT2D eigenvalue weighted by atomic mass is 10.0. The molecule has 2 N–H and O–H groups in total. The van der Waals surface area contributed by atoms with E-state index in [4.69, 9.17) is 5.11 Å². The van der Waals surface area contributed by atoms with Gasteiger partial charge in [0.1, 0.15) is 0 Å². The van der Waals surface area contributed by atoms with Crippen molar-refractivity contribution < 1.29 is 14.7 Å². The van der Waals surface area contributed by atoms with Crippen LogP contribution >= 0.6 is 0 Å². The predicted molar refractivity (Wildman–Crippen MR) is 60.2 cm³/mol. The molecule has 0 bridgehead atoms. The Morgan fingerprint density at radius 3 is 2.56 bits per heavy atom. The number of rotatable bonds is 3. The summed E-state index contributed by atoms with van der Waals surface area (Å²) in [5.74, 6) is -1.43. The van der Waals surface area contributed by atoms with Crippen LogP contribution < -0.4 is 5.32 Å². The van der Waals surface area contributed by atoms with E-state index in [-0.39, 0.29) is 18.1 Å². The minimum absolute atomic E-state index is 0.115. The van der Waals surface area contributed by atoms with Gasteiger partial charge in [-0.1, -0.05) is 6.92 Å². The predicted octanol–water partition coefficient (Wildman–Crippen LogP) is 1.29.